The molecule has 0 heterocycles. The van der Waals surface area contributed by atoms with Gasteiger partial charge >= 0.3 is 0 Å². The molecule has 0 saturated heterocycles. The first-order valence-corrected chi connectivity index (χ1v) is 5.03. The van der Waals surface area contributed by atoms with Gasteiger partial charge in [-0.15, -0.1) is 0 Å². The molecule has 0 aliphatic carbocycles. The van der Waals surface area contributed by atoms with Gasteiger partial charge < -0.3 is 5.73 Å². The first-order chi connectivity index (χ1) is 6.55. The van der Waals surface area contributed by atoms with Gasteiger partial charge in [-0.2, -0.15) is 0 Å². The molecule has 1 rings (SSSR count). The van der Waals surface area contributed by atoms with E-state index in [4.69, 9.17) is 5.73 Å². The molecule has 14 heavy (non-hydrogen) atoms. The van der Waals surface area contributed by atoms with E-state index in [9.17, 15) is 4.39 Å². The summed E-state index contributed by atoms with van der Waals surface area (Å²) < 4.78 is 13.8. The zero-order valence-corrected chi connectivity index (χ0v) is 8.89. The summed E-state index contributed by atoms with van der Waals surface area (Å²) in [5.74, 6) is 0. The van der Waals surface area contributed by atoms with Crippen molar-refractivity contribution in [1.82, 2.24) is 0 Å². The van der Waals surface area contributed by atoms with Crippen LogP contribution in [0.1, 0.15) is 31.4 Å². The van der Waals surface area contributed by atoms with Crippen molar-refractivity contribution in [2.24, 2.45) is 5.73 Å². The van der Waals surface area contributed by atoms with Crippen molar-refractivity contribution >= 4 is 0 Å². The largest absolute Gasteiger partial charge is 0.330 e. The topological polar surface area (TPSA) is 26.0 Å². The molecule has 1 nitrogen and oxygen atoms in total. The number of aryl methyl sites for hydroxylation is 1. The average Bonchev–Trinajstić information content (AvgIpc) is 2.14. The van der Waals surface area contributed by atoms with E-state index >= 15 is 0 Å². The zero-order chi connectivity index (χ0) is 10.6. The minimum atomic E-state index is -1.26. The Balaban J connectivity index is 2.92. The van der Waals surface area contributed by atoms with Crippen LogP contribution in [0.4, 0.5) is 4.39 Å². The van der Waals surface area contributed by atoms with Crippen molar-refractivity contribution < 1.29 is 4.39 Å². The molecule has 0 aliphatic heterocycles. The molecule has 0 atom stereocenters. The number of hydrogen-bond donors (Lipinski definition) is 1. The summed E-state index contributed by atoms with van der Waals surface area (Å²) in [6, 6.07) is 7.65. The van der Waals surface area contributed by atoms with Crippen molar-refractivity contribution in [1.29, 1.82) is 0 Å². The van der Waals surface area contributed by atoms with Crippen molar-refractivity contribution in [3.05, 3.63) is 35.4 Å². The molecule has 2 heteroatoms. The lowest BCUT2D eigenvalue weighted by Gasteiger charge is -2.18. The van der Waals surface area contributed by atoms with E-state index < -0.39 is 5.67 Å². The molecule has 1 aromatic rings. The monoisotopic (exact) mass is 195 g/mol. The summed E-state index contributed by atoms with van der Waals surface area (Å²) in [6.07, 6.45) is 1.77. The second kappa shape index (κ2) is 4.56. The van der Waals surface area contributed by atoms with Crippen molar-refractivity contribution in [3.63, 3.8) is 0 Å². The molecule has 0 fully saturated rings. The maximum atomic E-state index is 13.8. The smallest absolute Gasteiger partial charge is 0.130 e. The first kappa shape index (κ1) is 11.2. The number of hydrogen-bond acceptors (Lipinski definition) is 1. The van der Waals surface area contributed by atoms with Crippen LogP contribution in [0, 0.1) is 0 Å². The Morgan fingerprint density at radius 1 is 1.29 bits per heavy atom. The molecule has 0 bridgehead atoms. The lowest BCUT2D eigenvalue weighted by molar-refractivity contribution is 0.219. The molecule has 0 spiro atoms. The van der Waals surface area contributed by atoms with E-state index in [-0.39, 0.29) is 0 Å². The third-order valence-corrected chi connectivity index (χ3v) is 2.31. The highest BCUT2D eigenvalue weighted by molar-refractivity contribution is 5.31. The maximum absolute atomic E-state index is 13.8. The second-order valence-corrected chi connectivity index (χ2v) is 4.02. The summed E-state index contributed by atoms with van der Waals surface area (Å²) in [7, 11) is 0. The molecule has 1 aromatic carbocycles. The molecular formula is C12H18FN. The van der Waals surface area contributed by atoms with Crippen LogP contribution in [0.25, 0.3) is 0 Å². The van der Waals surface area contributed by atoms with Crippen molar-refractivity contribution in [2.75, 3.05) is 6.54 Å². The highest BCUT2D eigenvalue weighted by atomic mass is 19.1. The van der Waals surface area contributed by atoms with Crippen LogP contribution in [0.2, 0.25) is 0 Å². The van der Waals surface area contributed by atoms with E-state index in [0.717, 1.165) is 24.0 Å². The van der Waals surface area contributed by atoms with E-state index in [1.807, 2.05) is 24.3 Å². The van der Waals surface area contributed by atoms with Gasteiger partial charge in [0, 0.05) is 0 Å². The van der Waals surface area contributed by atoms with E-state index in [2.05, 4.69) is 0 Å². The lowest BCUT2D eigenvalue weighted by atomic mass is 9.92. The number of rotatable bonds is 4. The standard InChI is InChI=1S/C12H18FN/c1-12(2,13)11-8-4-3-6-10(11)7-5-9-14/h3-4,6,8H,5,7,9,14H2,1-2H3. The quantitative estimate of drug-likeness (QED) is 0.785. The average molecular weight is 195 g/mol. The summed E-state index contributed by atoms with van der Waals surface area (Å²) in [5, 5.41) is 0. The predicted molar refractivity (Wildman–Crippen MR) is 58.0 cm³/mol. The molecule has 0 radical (unpaired) electrons. The molecule has 0 amide bonds. The minimum absolute atomic E-state index is 0.654. The summed E-state index contributed by atoms with van der Waals surface area (Å²) in [6.45, 7) is 3.84. The highest BCUT2D eigenvalue weighted by Crippen LogP contribution is 2.28. The predicted octanol–water partition coefficient (Wildman–Crippen LogP) is 2.78. The number of nitrogens with two attached hydrogens (primary N) is 1. The van der Waals surface area contributed by atoms with Crippen LogP contribution in [0.3, 0.4) is 0 Å². The summed E-state index contributed by atoms with van der Waals surface area (Å²) >= 11 is 0. The molecule has 0 aromatic heterocycles. The Hall–Kier alpha value is -0.890. The fraction of sp³-hybridized carbons (Fsp3) is 0.500. The normalized spacial score (nSPS) is 11.7. The molecule has 78 valence electrons. The zero-order valence-electron chi connectivity index (χ0n) is 8.89. The maximum Gasteiger partial charge on any atom is 0.130 e. The minimum Gasteiger partial charge on any atom is -0.330 e. The van der Waals surface area contributed by atoms with Crippen LogP contribution in [-0.4, -0.2) is 6.54 Å². The van der Waals surface area contributed by atoms with Gasteiger partial charge in [0.1, 0.15) is 5.67 Å². The molecular weight excluding hydrogens is 177 g/mol. The SMILES string of the molecule is CC(C)(F)c1ccccc1CCCN. The van der Waals surface area contributed by atoms with Crippen LogP contribution in [-0.2, 0) is 12.1 Å². The van der Waals surface area contributed by atoms with Gasteiger partial charge in [0.05, 0.1) is 0 Å². The fourth-order valence-electron chi connectivity index (χ4n) is 1.61. The van der Waals surface area contributed by atoms with Gasteiger partial charge in [-0.05, 0) is 44.4 Å². The number of benzene rings is 1. The van der Waals surface area contributed by atoms with Gasteiger partial charge in [-0.25, -0.2) is 4.39 Å². The Kier molecular flexibility index (Phi) is 3.64. The Morgan fingerprint density at radius 3 is 2.50 bits per heavy atom. The van der Waals surface area contributed by atoms with Gasteiger partial charge in [0.15, 0.2) is 0 Å². The van der Waals surface area contributed by atoms with Crippen LogP contribution in [0.5, 0.6) is 0 Å². The van der Waals surface area contributed by atoms with Gasteiger partial charge in [-0.3, -0.25) is 0 Å². The van der Waals surface area contributed by atoms with Crippen LogP contribution in [0.15, 0.2) is 24.3 Å². The van der Waals surface area contributed by atoms with E-state index in [0.29, 0.717) is 6.54 Å². The highest BCUT2D eigenvalue weighted by Gasteiger charge is 2.21. The summed E-state index contributed by atoms with van der Waals surface area (Å²) in [4.78, 5) is 0. The Morgan fingerprint density at radius 2 is 1.93 bits per heavy atom. The van der Waals surface area contributed by atoms with Crippen LogP contribution < -0.4 is 5.73 Å². The number of halogens is 1. The second-order valence-electron chi connectivity index (χ2n) is 4.02. The van der Waals surface area contributed by atoms with E-state index in [1.54, 1.807) is 13.8 Å². The third kappa shape index (κ3) is 2.81. The van der Waals surface area contributed by atoms with E-state index in [1.165, 1.54) is 0 Å². The molecule has 2 N–H and O–H groups in total. The molecule has 0 aliphatic rings. The van der Waals surface area contributed by atoms with Crippen molar-refractivity contribution in [3.8, 4) is 0 Å². The van der Waals surface area contributed by atoms with Gasteiger partial charge in [-0.1, -0.05) is 24.3 Å². The Labute approximate surface area is 85.1 Å². The summed E-state index contributed by atoms with van der Waals surface area (Å²) in [5.41, 5.74) is 6.04. The van der Waals surface area contributed by atoms with Gasteiger partial charge in [0.2, 0.25) is 0 Å². The lowest BCUT2D eigenvalue weighted by Crippen LogP contribution is -2.13. The third-order valence-electron chi connectivity index (χ3n) is 2.31. The van der Waals surface area contributed by atoms with Crippen LogP contribution >= 0.6 is 0 Å². The molecule has 0 saturated carbocycles. The Bertz CT molecular complexity index is 289. The van der Waals surface area contributed by atoms with Gasteiger partial charge in [0.25, 0.3) is 0 Å². The fourth-order valence-corrected chi connectivity index (χ4v) is 1.61. The first-order valence-electron chi connectivity index (χ1n) is 5.03. The molecule has 0 unspecified atom stereocenters. The number of alkyl halides is 1. The van der Waals surface area contributed by atoms with Crippen molar-refractivity contribution in [2.45, 2.75) is 32.4 Å².